The number of fused-ring (bicyclic) bond motifs is 1. The number of nitrogens with zero attached hydrogens (tertiary/aromatic N) is 1. The minimum atomic E-state index is 0.151. The number of carbonyl (C=O) groups excluding carboxylic acids is 1. The third-order valence-electron chi connectivity index (χ3n) is 5.21. The topological polar surface area (TPSA) is 46.3 Å². The summed E-state index contributed by atoms with van der Waals surface area (Å²) in [5.41, 5.74) is 8.71. The van der Waals surface area contributed by atoms with E-state index in [1.807, 2.05) is 0 Å². The van der Waals surface area contributed by atoms with Crippen LogP contribution < -0.4 is 5.73 Å². The molecule has 0 atom stereocenters. The molecular formula is C18H26N2O. The summed E-state index contributed by atoms with van der Waals surface area (Å²) in [7, 11) is 0. The minimum absolute atomic E-state index is 0.151. The minimum Gasteiger partial charge on any atom is -0.340 e. The average Bonchev–Trinajstić information content (AvgIpc) is 2.93. The second-order valence-corrected chi connectivity index (χ2v) is 6.57. The number of rotatable bonds is 3. The fraction of sp³-hybridized carbons (Fsp3) is 0.611. The van der Waals surface area contributed by atoms with Crippen LogP contribution >= 0.6 is 0 Å². The van der Waals surface area contributed by atoms with Gasteiger partial charge >= 0.3 is 0 Å². The van der Waals surface area contributed by atoms with Crippen LogP contribution in [0.15, 0.2) is 24.3 Å². The Kier molecular flexibility index (Phi) is 4.29. The van der Waals surface area contributed by atoms with E-state index >= 15 is 0 Å². The lowest BCUT2D eigenvalue weighted by Crippen LogP contribution is -2.46. The zero-order chi connectivity index (χ0) is 14.8. The van der Waals surface area contributed by atoms with Crippen LogP contribution in [0.25, 0.3) is 0 Å². The molecule has 1 aromatic rings. The molecule has 3 nitrogen and oxygen atoms in total. The molecule has 2 aliphatic carbocycles. The summed E-state index contributed by atoms with van der Waals surface area (Å²) in [5.74, 6) is 0.507. The van der Waals surface area contributed by atoms with Crippen molar-refractivity contribution in [2.75, 3.05) is 6.54 Å². The first kappa shape index (κ1) is 14.6. The van der Waals surface area contributed by atoms with Gasteiger partial charge in [-0.15, -0.1) is 0 Å². The fourth-order valence-corrected chi connectivity index (χ4v) is 3.98. The van der Waals surface area contributed by atoms with Crippen molar-refractivity contribution >= 4 is 5.91 Å². The van der Waals surface area contributed by atoms with Crippen LogP contribution in [0.5, 0.6) is 0 Å². The summed E-state index contributed by atoms with van der Waals surface area (Å²) >= 11 is 0. The monoisotopic (exact) mass is 286 g/mol. The van der Waals surface area contributed by atoms with Crippen LogP contribution in [0, 0.1) is 5.92 Å². The number of carbonyl (C=O) groups is 1. The van der Waals surface area contributed by atoms with Gasteiger partial charge in [0.25, 0.3) is 0 Å². The van der Waals surface area contributed by atoms with Crippen LogP contribution in [-0.2, 0) is 17.6 Å². The van der Waals surface area contributed by atoms with Crippen molar-refractivity contribution in [3.05, 3.63) is 35.4 Å². The Balaban J connectivity index is 1.67. The second-order valence-electron chi connectivity index (χ2n) is 6.57. The average molecular weight is 286 g/mol. The highest BCUT2D eigenvalue weighted by atomic mass is 16.2. The molecule has 2 N–H and O–H groups in total. The highest BCUT2D eigenvalue weighted by Crippen LogP contribution is 2.30. The first-order valence-corrected chi connectivity index (χ1v) is 8.32. The van der Waals surface area contributed by atoms with Gasteiger partial charge < -0.3 is 10.6 Å². The normalized spacial score (nSPS) is 25.6. The van der Waals surface area contributed by atoms with Crippen molar-refractivity contribution in [3.63, 3.8) is 0 Å². The van der Waals surface area contributed by atoms with Gasteiger partial charge in [-0.25, -0.2) is 0 Å². The van der Waals surface area contributed by atoms with E-state index in [1.54, 1.807) is 0 Å². The van der Waals surface area contributed by atoms with E-state index in [1.165, 1.54) is 11.1 Å². The van der Waals surface area contributed by atoms with Gasteiger partial charge in [-0.3, -0.25) is 4.79 Å². The SMILES string of the molecule is CCN(C(=O)C1Cc2ccccc2C1)C1CCC(N)CC1. The Morgan fingerprint density at radius 2 is 1.71 bits per heavy atom. The van der Waals surface area contributed by atoms with Crippen LogP contribution in [0.1, 0.15) is 43.7 Å². The number of benzene rings is 1. The summed E-state index contributed by atoms with van der Waals surface area (Å²) in [4.78, 5) is 15.0. The maximum atomic E-state index is 12.9. The van der Waals surface area contributed by atoms with Crippen molar-refractivity contribution in [2.45, 2.75) is 57.5 Å². The molecular weight excluding hydrogens is 260 g/mol. The van der Waals surface area contributed by atoms with E-state index in [0.29, 0.717) is 18.0 Å². The lowest BCUT2D eigenvalue weighted by Gasteiger charge is -2.36. The fourth-order valence-electron chi connectivity index (χ4n) is 3.98. The van der Waals surface area contributed by atoms with Gasteiger partial charge in [-0.2, -0.15) is 0 Å². The summed E-state index contributed by atoms with van der Waals surface area (Å²) in [5, 5.41) is 0. The highest BCUT2D eigenvalue weighted by molar-refractivity contribution is 5.80. The molecule has 0 radical (unpaired) electrons. The zero-order valence-electron chi connectivity index (χ0n) is 12.9. The lowest BCUT2D eigenvalue weighted by molar-refractivity contribution is -0.138. The summed E-state index contributed by atoms with van der Waals surface area (Å²) in [6, 6.07) is 9.23. The summed E-state index contributed by atoms with van der Waals surface area (Å²) in [6.45, 7) is 2.93. The van der Waals surface area contributed by atoms with Crippen LogP contribution in [-0.4, -0.2) is 29.4 Å². The largest absolute Gasteiger partial charge is 0.340 e. The van der Waals surface area contributed by atoms with E-state index in [9.17, 15) is 4.79 Å². The molecule has 1 amide bonds. The molecule has 3 rings (SSSR count). The van der Waals surface area contributed by atoms with E-state index in [0.717, 1.165) is 45.1 Å². The summed E-state index contributed by atoms with van der Waals surface area (Å²) < 4.78 is 0. The Morgan fingerprint density at radius 1 is 1.14 bits per heavy atom. The van der Waals surface area contributed by atoms with Crippen molar-refractivity contribution in [1.82, 2.24) is 4.90 Å². The van der Waals surface area contributed by atoms with Gasteiger partial charge in [-0.1, -0.05) is 24.3 Å². The highest BCUT2D eigenvalue weighted by Gasteiger charge is 2.34. The third kappa shape index (κ3) is 2.98. The Labute approximate surface area is 127 Å². The predicted octanol–water partition coefficient (Wildman–Crippen LogP) is 2.52. The quantitative estimate of drug-likeness (QED) is 0.928. The first-order chi connectivity index (χ1) is 10.2. The Bertz CT molecular complexity index is 481. The molecule has 2 aliphatic rings. The molecule has 0 aliphatic heterocycles. The van der Waals surface area contributed by atoms with Crippen molar-refractivity contribution in [3.8, 4) is 0 Å². The van der Waals surface area contributed by atoms with E-state index in [2.05, 4.69) is 36.1 Å². The molecule has 0 saturated heterocycles. The molecule has 0 spiro atoms. The third-order valence-corrected chi connectivity index (χ3v) is 5.21. The van der Waals surface area contributed by atoms with Gasteiger partial charge in [0, 0.05) is 24.5 Å². The van der Waals surface area contributed by atoms with Crippen LogP contribution in [0.2, 0.25) is 0 Å². The van der Waals surface area contributed by atoms with Crippen molar-refractivity contribution < 1.29 is 4.79 Å². The van der Waals surface area contributed by atoms with Crippen LogP contribution in [0.3, 0.4) is 0 Å². The van der Waals surface area contributed by atoms with E-state index < -0.39 is 0 Å². The Morgan fingerprint density at radius 3 is 2.24 bits per heavy atom. The van der Waals surface area contributed by atoms with Gasteiger partial charge in [0.1, 0.15) is 0 Å². The molecule has 114 valence electrons. The smallest absolute Gasteiger partial charge is 0.226 e. The Hall–Kier alpha value is -1.35. The first-order valence-electron chi connectivity index (χ1n) is 8.32. The van der Waals surface area contributed by atoms with Crippen molar-refractivity contribution in [2.24, 2.45) is 11.7 Å². The molecule has 1 fully saturated rings. The molecule has 0 bridgehead atoms. The number of hydrogen-bond donors (Lipinski definition) is 1. The number of nitrogens with two attached hydrogens (primary N) is 1. The maximum absolute atomic E-state index is 12.9. The number of amides is 1. The van der Waals surface area contributed by atoms with Crippen molar-refractivity contribution in [1.29, 1.82) is 0 Å². The standard InChI is InChI=1S/C18H26N2O/c1-2-20(17-9-7-16(19)8-10-17)18(21)15-11-13-5-3-4-6-14(13)12-15/h3-6,15-17H,2,7-12,19H2,1H3. The molecule has 1 saturated carbocycles. The summed E-state index contributed by atoms with van der Waals surface area (Å²) in [6.07, 6.45) is 6.08. The van der Waals surface area contributed by atoms with Gasteiger partial charge in [0.05, 0.1) is 0 Å². The number of hydrogen-bond acceptors (Lipinski definition) is 2. The van der Waals surface area contributed by atoms with Gasteiger partial charge in [0.2, 0.25) is 5.91 Å². The predicted molar refractivity (Wildman–Crippen MR) is 85.0 cm³/mol. The zero-order valence-corrected chi connectivity index (χ0v) is 12.9. The van der Waals surface area contributed by atoms with Crippen LogP contribution in [0.4, 0.5) is 0 Å². The molecule has 0 heterocycles. The molecule has 1 aromatic carbocycles. The van der Waals surface area contributed by atoms with Gasteiger partial charge in [-0.05, 0) is 56.6 Å². The molecule has 3 heteroatoms. The molecule has 0 unspecified atom stereocenters. The van der Waals surface area contributed by atoms with Gasteiger partial charge in [0.15, 0.2) is 0 Å². The maximum Gasteiger partial charge on any atom is 0.226 e. The molecule has 21 heavy (non-hydrogen) atoms. The second kappa shape index (κ2) is 6.18. The van der Waals surface area contributed by atoms with E-state index in [4.69, 9.17) is 5.73 Å². The lowest BCUT2D eigenvalue weighted by atomic mass is 9.90. The molecule has 0 aromatic heterocycles. The van der Waals surface area contributed by atoms with E-state index in [-0.39, 0.29) is 5.92 Å².